The van der Waals surface area contributed by atoms with Crippen LogP contribution in [-0.4, -0.2) is 12.5 Å². The Balaban J connectivity index is 1.92. The summed E-state index contributed by atoms with van der Waals surface area (Å²) in [5.74, 6) is -0.0807. The fourth-order valence-electron chi connectivity index (χ4n) is 2.26. The number of rotatable bonds is 4. The highest BCUT2D eigenvalue weighted by Gasteiger charge is 2.13. The highest BCUT2D eigenvalue weighted by atomic mass is 35.5. The first-order chi connectivity index (χ1) is 10.8. The van der Waals surface area contributed by atoms with E-state index in [0.29, 0.717) is 5.02 Å². The van der Waals surface area contributed by atoms with Crippen molar-refractivity contribution >= 4 is 28.9 Å². The van der Waals surface area contributed by atoms with E-state index < -0.39 is 0 Å². The summed E-state index contributed by atoms with van der Waals surface area (Å²) < 4.78 is 0. The Labute approximate surface area is 143 Å². The highest BCUT2D eigenvalue weighted by Crippen LogP contribution is 2.23. The molecular weight excluding hydrogens is 308 g/mol. The fourth-order valence-corrected chi connectivity index (χ4v) is 2.49. The highest BCUT2D eigenvalue weighted by molar-refractivity contribution is 6.30. The maximum absolute atomic E-state index is 12.0. The van der Waals surface area contributed by atoms with Crippen molar-refractivity contribution in [3.05, 3.63) is 58.6 Å². The molecule has 0 unspecified atom stereocenters. The predicted molar refractivity (Wildman–Crippen MR) is 98.5 cm³/mol. The first-order valence-electron chi connectivity index (χ1n) is 7.66. The van der Waals surface area contributed by atoms with E-state index in [9.17, 15) is 4.79 Å². The van der Waals surface area contributed by atoms with Gasteiger partial charge in [-0.2, -0.15) is 0 Å². The minimum atomic E-state index is -0.0807. The van der Waals surface area contributed by atoms with Crippen molar-refractivity contribution in [1.29, 1.82) is 0 Å². The van der Waals surface area contributed by atoms with E-state index in [2.05, 4.69) is 31.4 Å². The van der Waals surface area contributed by atoms with Crippen molar-refractivity contribution in [2.75, 3.05) is 17.2 Å². The number of carbonyl (C=O) groups is 1. The molecule has 23 heavy (non-hydrogen) atoms. The average Bonchev–Trinajstić information content (AvgIpc) is 2.46. The zero-order chi connectivity index (χ0) is 17.0. The van der Waals surface area contributed by atoms with Crippen molar-refractivity contribution in [1.82, 2.24) is 0 Å². The van der Waals surface area contributed by atoms with Gasteiger partial charge in [-0.3, -0.25) is 4.79 Å². The van der Waals surface area contributed by atoms with Crippen LogP contribution in [-0.2, 0) is 10.2 Å². The lowest BCUT2D eigenvalue weighted by atomic mass is 9.87. The topological polar surface area (TPSA) is 41.1 Å². The van der Waals surface area contributed by atoms with E-state index in [4.69, 9.17) is 11.6 Å². The second kappa shape index (κ2) is 7.05. The lowest BCUT2D eigenvalue weighted by molar-refractivity contribution is -0.114. The molecular formula is C19H23ClN2O. The average molecular weight is 331 g/mol. The van der Waals surface area contributed by atoms with Gasteiger partial charge in [-0.25, -0.2) is 0 Å². The maximum Gasteiger partial charge on any atom is 0.243 e. The van der Waals surface area contributed by atoms with Gasteiger partial charge < -0.3 is 10.6 Å². The minimum Gasteiger partial charge on any atom is -0.376 e. The van der Waals surface area contributed by atoms with Gasteiger partial charge in [0, 0.05) is 16.4 Å². The minimum absolute atomic E-state index is 0.0807. The smallest absolute Gasteiger partial charge is 0.243 e. The largest absolute Gasteiger partial charge is 0.376 e. The monoisotopic (exact) mass is 330 g/mol. The third kappa shape index (κ3) is 5.00. The van der Waals surface area contributed by atoms with Crippen LogP contribution in [0.4, 0.5) is 11.4 Å². The molecule has 0 aliphatic heterocycles. The Kier molecular flexibility index (Phi) is 5.32. The second-order valence-corrected chi connectivity index (χ2v) is 7.12. The number of halogens is 1. The van der Waals surface area contributed by atoms with Crippen molar-refractivity contribution in [3.63, 3.8) is 0 Å². The Morgan fingerprint density at radius 2 is 1.74 bits per heavy atom. The first-order valence-corrected chi connectivity index (χ1v) is 8.04. The standard InChI is InChI=1S/C19H23ClN2O/c1-13-11-15(20)7-10-17(13)21-12-18(23)22-16-8-5-14(6-9-16)19(2,3)4/h5-11,21H,12H2,1-4H3,(H,22,23). The molecule has 0 radical (unpaired) electrons. The molecule has 0 bridgehead atoms. The Hall–Kier alpha value is -2.00. The molecule has 4 heteroatoms. The molecule has 1 amide bonds. The summed E-state index contributed by atoms with van der Waals surface area (Å²) in [5, 5.41) is 6.71. The van der Waals surface area contributed by atoms with E-state index in [1.807, 2.05) is 43.3 Å². The second-order valence-electron chi connectivity index (χ2n) is 6.69. The summed E-state index contributed by atoms with van der Waals surface area (Å²) >= 11 is 5.92. The Bertz CT molecular complexity index is 688. The third-order valence-electron chi connectivity index (χ3n) is 3.66. The van der Waals surface area contributed by atoms with Crippen LogP contribution in [0.1, 0.15) is 31.9 Å². The molecule has 2 rings (SSSR count). The fraction of sp³-hybridized carbons (Fsp3) is 0.316. The van der Waals surface area contributed by atoms with Gasteiger partial charge in [0.15, 0.2) is 0 Å². The van der Waals surface area contributed by atoms with Gasteiger partial charge in [-0.05, 0) is 53.8 Å². The molecule has 0 fully saturated rings. The predicted octanol–water partition coefficient (Wildman–Crippen LogP) is 5.00. The van der Waals surface area contributed by atoms with Gasteiger partial charge in [0.05, 0.1) is 6.54 Å². The zero-order valence-electron chi connectivity index (χ0n) is 14.0. The Morgan fingerprint density at radius 1 is 1.09 bits per heavy atom. The van der Waals surface area contributed by atoms with Crippen LogP contribution in [0.5, 0.6) is 0 Å². The Morgan fingerprint density at radius 3 is 2.30 bits per heavy atom. The van der Waals surface area contributed by atoms with Gasteiger partial charge in [0.25, 0.3) is 0 Å². The number of amides is 1. The van der Waals surface area contributed by atoms with Gasteiger partial charge in [0.1, 0.15) is 0 Å². The lowest BCUT2D eigenvalue weighted by Gasteiger charge is -2.19. The molecule has 0 spiro atoms. The SMILES string of the molecule is Cc1cc(Cl)ccc1NCC(=O)Nc1ccc(C(C)(C)C)cc1. The molecule has 2 aromatic carbocycles. The maximum atomic E-state index is 12.0. The number of hydrogen-bond acceptors (Lipinski definition) is 2. The summed E-state index contributed by atoms with van der Waals surface area (Å²) in [6.07, 6.45) is 0. The summed E-state index contributed by atoms with van der Waals surface area (Å²) in [6, 6.07) is 13.5. The van der Waals surface area contributed by atoms with E-state index in [-0.39, 0.29) is 17.9 Å². The molecule has 0 saturated heterocycles. The van der Waals surface area contributed by atoms with E-state index in [0.717, 1.165) is 16.9 Å². The normalized spacial score (nSPS) is 11.2. The molecule has 3 nitrogen and oxygen atoms in total. The van der Waals surface area contributed by atoms with Gasteiger partial charge >= 0.3 is 0 Å². The number of carbonyl (C=O) groups excluding carboxylic acids is 1. The lowest BCUT2D eigenvalue weighted by Crippen LogP contribution is -2.22. The van der Waals surface area contributed by atoms with Crippen LogP contribution in [0.3, 0.4) is 0 Å². The van der Waals surface area contributed by atoms with E-state index >= 15 is 0 Å². The van der Waals surface area contributed by atoms with Crippen molar-refractivity contribution in [2.45, 2.75) is 33.1 Å². The van der Waals surface area contributed by atoms with Crippen LogP contribution in [0.15, 0.2) is 42.5 Å². The van der Waals surface area contributed by atoms with Crippen LogP contribution >= 0.6 is 11.6 Å². The molecule has 122 valence electrons. The number of nitrogens with one attached hydrogen (secondary N) is 2. The van der Waals surface area contributed by atoms with Crippen molar-refractivity contribution < 1.29 is 4.79 Å². The van der Waals surface area contributed by atoms with Gasteiger partial charge in [0.2, 0.25) is 5.91 Å². The van der Waals surface area contributed by atoms with Crippen LogP contribution < -0.4 is 10.6 Å². The summed E-state index contributed by atoms with van der Waals surface area (Å²) in [4.78, 5) is 12.0. The molecule has 0 heterocycles. The van der Waals surface area contributed by atoms with Gasteiger partial charge in [-0.15, -0.1) is 0 Å². The molecule has 0 aromatic heterocycles. The van der Waals surface area contributed by atoms with E-state index in [1.165, 1.54) is 5.56 Å². The zero-order valence-corrected chi connectivity index (χ0v) is 14.8. The van der Waals surface area contributed by atoms with Crippen molar-refractivity contribution in [3.8, 4) is 0 Å². The number of hydrogen-bond donors (Lipinski definition) is 2. The summed E-state index contributed by atoms with van der Waals surface area (Å²) in [7, 11) is 0. The molecule has 0 aliphatic rings. The number of aryl methyl sites for hydroxylation is 1. The van der Waals surface area contributed by atoms with Crippen molar-refractivity contribution in [2.24, 2.45) is 0 Å². The first kappa shape index (κ1) is 17.4. The molecule has 2 aromatic rings. The molecule has 0 atom stereocenters. The quantitative estimate of drug-likeness (QED) is 0.828. The third-order valence-corrected chi connectivity index (χ3v) is 3.90. The van der Waals surface area contributed by atoms with Crippen LogP contribution in [0.2, 0.25) is 5.02 Å². The van der Waals surface area contributed by atoms with Crippen LogP contribution in [0.25, 0.3) is 0 Å². The molecule has 0 aliphatic carbocycles. The van der Waals surface area contributed by atoms with Crippen LogP contribution in [0, 0.1) is 6.92 Å². The number of anilines is 2. The van der Waals surface area contributed by atoms with E-state index in [1.54, 1.807) is 6.07 Å². The molecule has 2 N–H and O–H groups in total. The molecule has 0 saturated carbocycles. The summed E-state index contributed by atoms with van der Waals surface area (Å²) in [5.41, 5.74) is 4.08. The summed E-state index contributed by atoms with van der Waals surface area (Å²) in [6.45, 7) is 8.66. The van der Waals surface area contributed by atoms with Gasteiger partial charge in [-0.1, -0.05) is 44.5 Å². The number of benzene rings is 2.